The summed E-state index contributed by atoms with van der Waals surface area (Å²) in [5, 5.41) is 10.8. The number of aryl methyl sites for hydroxylation is 1. The van der Waals surface area contributed by atoms with Crippen LogP contribution in [0.25, 0.3) is 0 Å². The zero-order chi connectivity index (χ0) is 11.2. The molecule has 3 aliphatic heterocycles. The Balaban J connectivity index is 1.95. The normalized spacial score (nSPS) is 37.6. The molecular formula is C12H17N3O. The van der Waals surface area contributed by atoms with E-state index in [1.54, 1.807) is 12.4 Å². The molecule has 0 spiro atoms. The highest BCUT2D eigenvalue weighted by Crippen LogP contribution is 2.41. The van der Waals surface area contributed by atoms with E-state index >= 15 is 0 Å². The highest BCUT2D eigenvalue weighted by molar-refractivity contribution is 5.20. The number of piperidine rings is 3. The van der Waals surface area contributed by atoms with Gasteiger partial charge in [-0.2, -0.15) is 0 Å². The zero-order valence-corrected chi connectivity index (χ0v) is 9.56. The van der Waals surface area contributed by atoms with Crippen molar-refractivity contribution in [1.82, 2.24) is 14.9 Å². The quantitative estimate of drug-likeness (QED) is 0.755. The molecule has 4 heterocycles. The maximum Gasteiger partial charge on any atom is 0.125 e. The zero-order valence-electron chi connectivity index (χ0n) is 9.56. The average Bonchev–Trinajstić information content (AvgIpc) is 2.31. The number of hydrogen-bond acceptors (Lipinski definition) is 4. The molecule has 0 aliphatic carbocycles. The van der Waals surface area contributed by atoms with Gasteiger partial charge in [-0.1, -0.05) is 0 Å². The lowest BCUT2D eigenvalue weighted by Gasteiger charge is -2.50. The number of fused-ring (bicyclic) bond motifs is 3. The van der Waals surface area contributed by atoms with Gasteiger partial charge < -0.3 is 10.0 Å². The van der Waals surface area contributed by atoms with E-state index in [9.17, 15) is 5.11 Å². The van der Waals surface area contributed by atoms with Crippen molar-refractivity contribution in [3.05, 3.63) is 23.8 Å². The Morgan fingerprint density at radius 3 is 2.44 bits per heavy atom. The van der Waals surface area contributed by atoms with Gasteiger partial charge in [0.1, 0.15) is 11.4 Å². The second kappa shape index (κ2) is 3.50. The van der Waals surface area contributed by atoms with Crippen LogP contribution in [0.4, 0.5) is 0 Å². The second-order valence-electron chi connectivity index (χ2n) is 4.99. The first kappa shape index (κ1) is 10.2. The third-order valence-electron chi connectivity index (χ3n) is 4.01. The predicted octanol–water partition coefficient (Wildman–Crippen LogP) is 0.698. The minimum Gasteiger partial charge on any atom is -0.383 e. The maximum absolute atomic E-state index is 10.8. The van der Waals surface area contributed by atoms with Crippen LogP contribution >= 0.6 is 0 Å². The van der Waals surface area contributed by atoms with Crippen LogP contribution in [0.15, 0.2) is 12.4 Å². The largest absolute Gasteiger partial charge is 0.383 e. The molecule has 2 bridgehead atoms. The molecule has 0 radical (unpaired) electrons. The lowest BCUT2D eigenvalue weighted by atomic mass is 9.72. The van der Waals surface area contributed by atoms with Crippen LogP contribution in [0.3, 0.4) is 0 Å². The van der Waals surface area contributed by atoms with Crippen molar-refractivity contribution < 1.29 is 5.11 Å². The van der Waals surface area contributed by atoms with Crippen LogP contribution in [0, 0.1) is 12.8 Å². The van der Waals surface area contributed by atoms with E-state index in [1.807, 2.05) is 6.92 Å². The summed E-state index contributed by atoms with van der Waals surface area (Å²) in [5.74, 6) is 1.14. The van der Waals surface area contributed by atoms with Crippen molar-refractivity contribution in [2.24, 2.45) is 5.92 Å². The summed E-state index contributed by atoms with van der Waals surface area (Å²) in [6.45, 7) is 4.85. The number of aliphatic hydroxyl groups is 1. The van der Waals surface area contributed by atoms with Crippen LogP contribution in [0.1, 0.15) is 24.2 Å². The first-order chi connectivity index (χ1) is 7.68. The standard InChI is InChI=1S/C12H17N3O/c1-9-13-6-11(7-14-9)12(16)8-15-4-2-10(12)3-5-15/h6-7,10,16H,2-5,8H2,1H3. The van der Waals surface area contributed by atoms with Gasteiger partial charge in [0, 0.05) is 24.5 Å². The Morgan fingerprint density at radius 2 is 1.94 bits per heavy atom. The fourth-order valence-corrected chi connectivity index (χ4v) is 2.98. The summed E-state index contributed by atoms with van der Waals surface area (Å²) in [7, 11) is 0. The van der Waals surface area contributed by atoms with Crippen LogP contribution in [-0.2, 0) is 5.60 Å². The first-order valence-electron chi connectivity index (χ1n) is 5.92. The maximum atomic E-state index is 10.8. The second-order valence-corrected chi connectivity index (χ2v) is 4.99. The molecule has 16 heavy (non-hydrogen) atoms. The molecule has 3 saturated heterocycles. The van der Waals surface area contributed by atoms with Gasteiger partial charge in [0.25, 0.3) is 0 Å². The molecule has 4 nitrogen and oxygen atoms in total. The molecule has 4 heteroatoms. The highest BCUT2D eigenvalue weighted by atomic mass is 16.3. The molecule has 1 aromatic heterocycles. The lowest BCUT2D eigenvalue weighted by molar-refractivity contribution is -0.118. The van der Waals surface area contributed by atoms with Crippen molar-refractivity contribution in [1.29, 1.82) is 0 Å². The van der Waals surface area contributed by atoms with Crippen LogP contribution in [0.2, 0.25) is 0 Å². The van der Waals surface area contributed by atoms with E-state index in [0.717, 1.165) is 43.9 Å². The highest BCUT2D eigenvalue weighted by Gasteiger charge is 2.46. The summed E-state index contributed by atoms with van der Waals surface area (Å²) in [6, 6.07) is 0. The summed E-state index contributed by atoms with van der Waals surface area (Å²) in [5.41, 5.74) is 0.164. The van der Waals surface area contributed by atoms with Crippen LogP contribution in [-0.4, -0.2) is 39.6 Å². The fraction of sp³-hybridized carbons (Fsp3) is 0.667. The van der Waals surface area contributed by atoms with E-state index < -0.39 is 5.60 Å². The molecule has 1 unspecified atom stereocenters. The van der Waals surface area contributed by atoms with Crippen molar-refractivity contribution in [3.63, 3.8) is 0 Å². The third kappa shape index (κ3) is 1.44. The molecular weight excluding hydrogens is 202 g/mol. The van der Waals surface area contributed by atoms with Crippen LogP contribution in [0.5, 0.6) is 0 Å². The molecule has 86 valence electrons. The summed E-state index contributed by atoms with van der Waals surface area (Å²) < 4.78 is 0. The number of hydrogen-bond donors (Lipinski definition) is 1. The molecule has 0 amide bonds. The summed E-state index contributed by atoms with van der Waals surface area (Å²) in [4.78, 5) is 10.7. The Hall–Kier alpha value is -1.00. The molecule has 1 atom stereocenters. The average molecular weight is 219 g/mol. The number of aromatic nitrogens is 2. The SMILES string of the molecule is Cc1ncc(C2(O)CN3CCC2CC3)cn1. The number of nitrogens with zero attached hydrogens (tertiary/aromatic N) is 3. The molecule has 4 rings (SSSR count). The molecule has 3 fully saturated rings. The van der Waals surface area contributed by atoms with Gasteiger partial charge in [-0.3, -0.25) is 0 Å². The van der Waals surface area contributed by atoms with Crippen molar-refractivity contribution in [2.45, 2.75) is 25.4 Å². The van der Waals surface area contributed by atoms with Gasteiger partial charge in [0.2, 0.25) is 0 Å². The van der Waals surface area contributed by atoms with E-state index in [1.165, 1.54) is 0 Å². The Labute approximate surface area is 95.3 Å². The van der Waals surface area contributed by atoms with E-state index in [-0.39, 0.29) is 0 Å². The molecule has 3 aliphatic rings. The Morgan fingerprint density at radius 1 is 1.31 bits per heavy atom. The van der Waals surface area contributed by atoms with Crippen molar-refractivity contribution in [3.8, 4) is 0 Å². The first-order valence-corrected chi connectivity index (χ1v) is 5.92. The monoisotopic (exact) mass is 219 g/mol. The van der Waals surface area contributed by atoms with Gasteiger partial charge in [-0.25, -0.2) is 9.97 Å². The molecule has 0 saturated carbocycles. The van der Waals surface area contributed by atoms with Crippen molar-refractivity contribution in [2.75, 3.05) is 19.6 Å². The lowest BCUT2D eigenvalue weighted by Crippen LogP contribution is -2.57. The minimum absolute atomic E-state index is 0.379. The van der Waals surface area contributed by atoms with Gasteiger partial charge in [0.05, 0.1) is 0 Å². The molecule has 0 aromatic carbocycles. The van der Waals surface area contributed by atoms with Gasteiger partial charge in [-0.15, -0.1) is 0 Å². The summed E-state index contributed by atoms with van der Waals surface area (Å²) in [6.07, 6.45) is 5.74. The topological polar surface area (TPSA) is 49.3 Å². The van der Waals surface area contributed by atoms with Gasteiger partial charge in [0.15, 0.2) is 0 Å². The Kier molecular flexibility index (Phi) is 2.23. The van der Waals surface area contributed by atoms with E-state index in [4.69, 9.17) is 0 Å². The van der Waals surface area contributed by atoms with E-state index in [0.29, 0.717) is 5.92 Å². The summed E-state index contributed by atoms with van der Waals surface area (Å²) >= 11 is 0. The third-order valence-corrected chi connectivity index (χ3v) is 4.01. The van der Waals surface area contributed by atoms with Crippen LogP contribution < -0.4 is 0 Å². The fourth-order valence-electron chi connectivity index (χ4n) is 2.98. The van der Waals surface area contributed by atoms with Gasteiger partial charge >= 0.3 is 0 Å². The van der Waals surface area contributed by atoms with Gasteiger partial charge in [-0.05, 0) is 38.8 Å². The molecule has 1 aromatic rings. The smallest absolute Gasteiger partial charge is 0.125 e. The van der Waals surface area contributed by atoms with E-state index in [2.05, 4.69) is 14.9 Å². The minimum atomic E-state index is -0.718. The predicted molar refractivity (Wildman–Crippen MR) is 59.8 cm³/mol. The molecule has 1 N–H and O–H groups in total. The van der Waals surface area contributed by atoms with Crippen molar-refractivity contribution >= 4 is 0 Å². The number of rotatable bonds is 1. The Bertz CT molecular complexity index is 384.